The number of hydrogen-bond acceptors (Lipinski definition) is 4. The van der Waals surface area contributed by atoms with Crippen LogP contribution in [0.15, 0.2) is 12.3 Å². The standard InChI is InChI=1S/C7H5F3N2O3/c1-4-2-5(12(13)14)6(11-3-4)15-7(8,9)10/h2-3H,1H3. The summed E-state index contributed by atoms with van der Waals surface area (Å²) < 4.78 is 38.8. The molecule has 82 valence electrons. The normalized spacial score (nSPS) is 11.2. The lowest BCUT2D eigenvalue weighted by atomic mass is 10.3. The highest BCUT2D eigenvalue weighted by molar-refractivity contribution is 5.42. The Hall–Kier alpha value is -1.86. The maximum Gasteiger partial charge on any atom is 0.574 e. The molecule has 0 saturated carbocycles. The highest BCUT2D eigenvalue weighted by Gasteiger charge is 2.35. The second kappa shape index (κ2) is 3.71. The maximum atomic E-state index is 11.8. The van der Waals surface area contributed by atoms with Crippen LogP contribution in [0.3, 0.4) is 0 Å². The highest BCUT2D eigenvalue weighted by Crippen LogP contribution is 2.29. The van der Waals surface area contributed by atoms with Crippen molar-refractivity contribution in [2.24, 2.45) is 0 Å². The Morgan fingerprint density at radius 2 is 2.13 bits per heavy atom. The number of nitro groups is 1. The van der Waals surface area contributed by atoms with Gasteiger partial charge in [0.2, 0.25) is 0 Å². The fraction of sp³-hybridized carbons (Fsp3) is 0.286. The highest BCUT2D eigenvalue weighted by atomic mass is 19.4. The average Bonchev–Trinajstić information content (AvgIpc) is 2.05. The molecule has 0 atom stereocenters. The summed E-state index contributed by atoms with van der Waals surface area (Å²) in [6.07, 6.45) is -3.94. The summed E-state index contributed by atoms with van der Waals surface area (Å²) >= 11 is 0. The van der Waals surface area contributed by atoms with Gasteiger partial charge in [-0.05, 0) is 12.5 Å². The van der Waals surface area contributed by atoms with Crippen molar-refractivity contribution in [3.05, 3.63) is 27.9 Å². The third kappa shape index (κ3) is 3.08. The van der Waals surface area contributed by atoms with E-state index in [1.165, 1.54) is 6.92 Å². The van der Waals surface area contributed by atoms with Crippen molar-refractivity contribution in [3.8, 4) is 5.88 Å². The molecule has 0 radical (unpaired) electrons. The first-order chi connectivity index (χ1) is 6.79. The molecule has 0 saturated heterocycles. The van der Waals surface area contributed by atoms with Crippen molar-refractivity contribution in [1.82, 2.24) is 4.98 Å². The lowest BCUT2D eigenvalue weighted by Crippen LogP contribution is -2.18. The minimum atomic E-state index is -4.99. The van der Waals surface area contributed by atoms with E-state index in [0.29, 0.717) is 5.56 Å². The van der Waals surface area contributed by atoms with Gasteiger partial charge in [0.15, 0.2) is 0 Å². The average molecular weight is 222 g/mol. The van der Waals surface area contributed by atoms with Crippen LogP contribution in [0.1, 0.15) is 5.56 Å². The van der Waals surface area contributed by atoms with Crippen molar-refractivity contribution < 1.29 is 22.8 Å². The number of aryl methyl sites for hydroxylation is 1. The van der Waals surface area contributed by atoms with E-state index in [1.54, 1.807) is 0 Å². The molecule has 1 heterocycles. The van der Waals surface area contributed by atoms with Crippen LogP contribution in [0.25, 0.3) is 0 Å². The van der Waals surface area contributed by atoms with Crippen LogP contribution >= 0.6 is 0 Å². The quantitative estimate of drug-likeness (QED) is 0.568. The summed E-state index contributed by atoms with van der Waals surface area (Å²) in [6, 6.07) is 0.952. The molecule has 0 aromatic carbocycles. The first-order valence-corrected chi connectivity index (χ1v) is 3.66. The first kappa shape index (κ1) is 11.2. The molecular weight excluding hydrogens is 217 g/mol. The molecule has 0 aliphatic carbocycles. The summed E-state index contributed by atoms with van der Waals surface area (Å²) in [5.41, 5.74) is -0.441. The molecule has 0 aliphatic heterocycles. The predicted octanol–water partition coefficient (Wildman–Crippen LogP) is 2.20. The first-order valence-electron chi connectivity index (χ1n) is 3.66. The maximum absolute atomic E-state index is 11.8. The number of hydrogen-bond donors (Lipinski definition) is 0. The van der Waals surface area contributed by atoms with Gasteiger partial charge >= 0.3 is 17.9 Å². The number of ether oxygens (including phenoxy) is 1. The smallest absolute Gasteiger partial charge is 0.381 e. The van der Waals surface area contributed by atoms with Gasteiger partial charge in [0.05, 0.1) is 4.92 Å². The lowest BCUT2D eigenvalue weighted by molar-refractivity contribution is -0.389. The molecule has 15 heavy (non-hydrogen) atoms. The second-order valence-electron chi connectivity index (χ2n) is 2.64. The molecule has 0 bridgehead atoms. The number of aromatic nitrogens is 1. The third-order valence-corrected chi connectivity index (χ3v) is 1.38. The summed E-state index contributed by atoms with van der Waals surface area (Å²) in [5.74, 6) is -1.06. The van der Waals surface area contributed by atoms with Gasteiger partial charge in [-0.1, -0.05) is 0 Å². The zero-order valence-corrected chi connectivity index (χ0v) is 7.41. The van der Waals surface area contributed by atoms with Gasteiger partial charge in [-0.2, -0.15) is 0 Å². The van der Waals surface area contributed by atoms with Gasteiger partial charge in [-0.3, -0.25) is 10.1 Å². The van der Waals surface area contributed by atoms with Crippen LogP contribution in [-0.2, 0) is 0 Å². The summed E-state index contributed by atoms with van der Waals surface area (Å²) in [5, 5.41) is 10.4. The Bertz CT molecular complexity index is 392. The van der Waals surface area contributed by atoms with E-state index in [-0.39, 0.29) is 0 Å². The Morgan fingerprint density at radius 1 is 1.53 bits per heavy atom. The summed E-state index contributed by atoms with van der Waals surface area (Å²) in [4.78, 5) is 12.6. The largest absolute Gasteiger partial charge is 0.574 e. The third-order valence-electron chi connectivity index (χ3n) is 1.38. The topological polar surface area (TPSA) is 65.3 Å². The Balaban J connectivity index is 3.12. The van der Waals surface area contributed by atoms with E-state index in [0.717, 1.165) is 12.3 Å². The van der Waals surface area contributed by atoms with Gasteiger partial charge in [-0.25, -0.2) is 4.98 Å². The predicted molar refractivity (Wildman–Crippen MR) is 42.3 cm³/mol. The van der Waals surface area contributed by atoms with Crippen LogP contribution in [0.5, 0.6) is 5.88 Å². The van der Waals surface area contributed by atoms with E-state index in [1.807, 2.05) is 0 Å². The van der Waals surface area contributed by atoms with E-state index < -0.39 is 22.9 Å². The Labute approximate surface area is 81.6 Å². The summed E-state index contributed by atoms with van der Waals surface area (Å²) in [7, 11) is 0. The molecule has 0 fully saturated rings. The van der Waals surface area contributed by atoms with Crippen LogP contribution in [0, 0.1) is 17.0 Å². The van der Waals surface area contributed by atoms with Gasteiger partial charge in [0, 0.05) is 12.3 Å². The summed E-state index contributed by atoms with van der Waals surface area (Å²) in [6.45, 7) is 1.47. The second-order valence-corrected chi connectivity index (χ2v) is 2.64. The molecule has 0 N–H and O–H groups in total. The molecule has 0 unspecified atom stereocenters. The molecule has 1 aromatic heterocycles. The molecule has 0 spiro atoms. The fourth-order valence-corrected chi connectivity index (χ4v) is 0.860. The molecule has 1 rings (SSSR count). The molecule has 0 amide bonds. The zero-order valence-electron chi connectivity index (χ0n) is 7.41. The minimum absolute atomic E-state index is 0.372. The van der Waals surface area contributed by atoms with Gasteiger partial charge < -0.3 is 4.74 Å². The Morgan fingerprint density at radius 3 is 2.60 bits per heavy atom. The lowest BCUT2D eigenvalue weighted by Gasteiger charge is -2.07. The number of alkyl halides is 3. The Kier molecular flexibility index (Phi) is 2.78. The van der Waals surface area contributed by atoms with Crippen LogP contribution in [0.4, 0.5) is 18.9 Å². The van der Waals surface area contributed by atoms with Crippen molar-refractivity contribution in [1.29, 1.82) is 0 Å². The van der Waals surface area contributed by atoms with Gasteiger partial charge in [-0.15, -0.1) is 13.2 Å². The molecule has 0 aliphatic rings. The number of rotatable bonds is 2. The number of nitrogens with zero attached hydrogens (tertiary/aromatic N) is 2. The fourth-order valence-electron chi connectivity index (χ4n) is 0.860. The molecule has 1 aromatic rings. The van der Waals surface area contributed by atoms with Gasteiger partial charge in [0.25, 0.3) is 0 Å². The van der Waals surface area contributed by atoms with E-state index in [2.05, 4.69) is 9.72 Å². The van der Waals surface area contributed by atoms with Crippen LogP contribution in [0.2, 0.25) is 0 Å². The zero-order chi connectivity index (χ0) is 11.6. The number of halogens is 3. The van der Waals surface area contributed by atoms with E-state index in [4.69, 9.17) is 0 Å². The van der Waals surface area contributed by atoms with Crippen LogP contribution < -0.4 is 4.74 Å². The molecule has 8 heteroatoms. The minimum Gasteiger partial charge on any atom is -0.381 e. The van der Waals surface area contributed by atoms with Crippen molar-refractivity contribution >= 4 is 5.69 Å². The number of pyridine rings is 1. The van der Waals surface area contributed by atoms with E-state index >= 15 is 0 Å². The monoisotopic (exact) mass is 222 g/mol. The SMILES string of the molecule is Cc1cnc(OC(F)(F)F)c([N+](=O)[O-])c1. The van der Waals surface area contributed by atoms with E-state index in [9.17, 15) is 23.3 Å². The molecular formula is C7H5F3N2O3. The van der Waals surface area contributed by atoms with Crippen molar-refractivity contribution in [3.63, 3.8) is 0 Å². The molecule has 5 nitrogen and oxygen atoms in total. The van der Waals surface area contributed by atoms with Crippen LogP contribution in [-0.4, -0.2) is 16.3 Å². The van der Waals surface area contributed by atoms with Crippen molar-refractivity contribution in [2.75, 3.05) is 0 Å². The van der Waals surface area contributed by atoms with Gasteiger partial charge in [0.1, 0.15) is 0 Å². The van der Waals surface area contributed by atoms with Crippen molar-refractivity contribution in [2.45, 2.75) is 13.3 Å².